The summed E-state index contributed by atoms with van der Waals surface area (Å²) in [5.74, 6) is 0. The van der Waals surface area contributed by atoms with E-state index in [1.54, 1.807) is 12.5 Å². The van der Waals surface area contributed by atoms with Gasteiger partial charge in [-0.25, -0.2) is 0 Å². The van der Waals surface area contributed by atoms with Crippen molar-refractivity contribution in [1.82, 2.24) is 0 Å². The van der Waals surface area contributed by atoms with E-state index in [0.717, 1.165) is 11.1 Å². The van der Waals surface area contributed by atoms with Crippen LogP contribution in [0, 0.1) is 13.8 Å². The minimum Gasteiger partial charge on any atom is -0.473 e. The summed E-state index contributed by atoms with van der Waals surface area (Å²) in [5, 5.41) is 0. The molecule has 0 amide bonds. The Morgan fingerprint density at radius 3 is 1.63 bits per heavy atom. The summed E-state index contributed by atoms with van der Waals surface area (Å²) in [4.78, 5) is 0. The van der Waals surface area contributed by atoms with E-state index >= 15 is 0 Å². The van der Waals surface area contributed by atoms with Gasteiger partial charge in [-0.3, -0.25) is 0 Å². The number of benzene rings is 2. The zero-order chi connectivity index (χ0) is 13.5. The van der Waals surface area contributed by atoms with Gasteiger partial charge in [-0.05, 0) is 37.1 Å². The lowest BCUT2D eigenvalue weighted by Crippen LogP contribution is -1.76. The molecule has 19 heavy (non-hydrogen) atoms. The van der Waals surface area contributed by atoms with Crippen molar-refractivity contribution in [3.05, 3.63) is 83.3 Å². The van der Waals surface area contributed by atoms with Gasteiger partial charge in [-0.1, -0.05) is 59.7 Å². The van der Waals surface area contributed by atoms with Crippen molar-refractivity contribution < 1.29 is 4.74 Å². The van der Waals surface area contributed by atoms with Gasteiger partial charge in [0.2, 0.25) is 0 Å². The molecule has 1 heteroatoms. The summed E-state index contributed by atoms with van der Waals surface area (Å²) in [5.41, 5.74) is 4.78. The van der Waals surface area contributed by atoms with Gasteiger partial charge in [-0.2, -0.15) is 0 Å². The average molecular weight is 250 g/mol. The summed E-state index contributed by atoms with van der Waals surface area (Å²) in [7, 11) is 0. The zero-order valence-electron chi connectivity index (χ0n) is 11.3. The molecule has 2 rings (SSSR count). The zero-order valence-corrected chi connectivity index (χ0v) is 11.3. The van der Waals surface area contributed by atoms with Crippen LogP contribution in [-0.4, -0.2) is 0 Å². The fourth-order valence-electron chi connectivity index (χ4n) is 1.83. The van der Waals surface area contributed by atoms with Gasteiger partial charge in [0, 0.05) is 0 Å². The van der Waals surface area contributed by atoms with Crippen molar-refractivity contribution in [2.45, 2.75) is 13.8 Å². The molecule has 0 aliphatic rings. The van der Waals surface area contributed by atoms with E-state index in [2.05, 4.69) is 50.2 Å². The van der Waals surface area contributed by atoms with Crippen LogP contribution in [0.4, 0.5) is 0 Å². The molecule has 0 bridgehead atoms. The van der Waals surface area contributed by atoms with Crippen molar-refractivity contribution in [1.29, 1.82) is 0 Å². The van der Waals surface area contributed by atoms with Crippen LogP contribution < -0.4 is 0 Å². The predicted octanol–water partition coefficient (Wildman–Crippen LogP) is 4.96. The van der Waals surface area contributed by atoms with Gasteiger partial charge in [0.25, 0.3) is 0 Å². The Bertz CT molecular complexity index is 541. The Labute approximate surface area is 114 Å². The van der Waals surface area contributed by atoms with Crippen molar-refractivity contribution in [3.63, 3.8) is 0 Å². The molecule has 0 fully saturated rings. The molecule has 0 heterocycles. The van der Waals surface area contributed by atoms with E-state index in [4.69, 9.17) is 4.74 Å². The van der Waals surface area contributed by atoms with Crippen LogP contribution in [-0.2, 0) is 4.74 Å². The Morgan fingerprint density at radius 2 is 1.21 bits per heavy atom. The first-order valence-electron chi connectivity index (χ1n) is 6.36. The molecule has 0 unspecified atom stereocenters. The predicted molar refractivity (Wildman–Crippen MR) is 81.5 cm³/mol. The molecule has 0 atom stereocenters. The largest absolute Gasteiger partial charge is 0.473 e. The van der Waals surface area contributed by atoms with Gasteiger partial charge in [0.15, 0.2) is 0 Å². The van der Waals surface area contributed by atoms with E-state index < -0.39 is 0 Å². The normalized spacial score (nSPS) is 11.3. The number of ether oxygens (including phenoxy) is 1. The molecular formula is C18H18O. The van der Waals surface area contributed by atoms with E-state index in [9.17, 15) is 0 Å². The second kappa shape index (κ2) is 6.60. The third-order valence-electron chi connectivity index (χ3n) is 2.76. The van der Waals surface area contributed by atoms with Crippen LogP contribution in [0.1, 0.15) is 22.3 Å². The Kier molecular flexibility index (Phi) is 4.57. The van der Waals surface area contributed by atoms with E-state index in [1.165, 1.54) is 11.1 Å². The van der Waals surface area contributed by atoms with Crippen LogP contribution in [0.3, 0.4) is 0 Å². The highest BCUT2D eigenvalue weighted by atomic mass is 16.5. The van der Waals surface area contributed by atoms with Crippen LogP contribution in [0.5, 0.6) is 0 Å². The van der Waals surface area contributed by atoms with Gasteiger partial charge in [-0.15, -0.1) is 0 Å². The van der Waals surface area contributed by atoms with Gasteiger partial charge in [0.1, 0.15) is 0 Å². The van der Waals surface area contributed by atoms with E-state index in [0.29, 0.717) is 0 Å². The standard InChI is InChI=1S/C18H18O/c1-15-5-3-7-17(13-15)9-11-19-12-10-18-8-4-6-16(2)14-18/h3-14H,1-2H3. The molecule has 0 aliphatic heterocycles. The van der Waals surface area contributed by atoms with Crippen LogP contribution in [0.15, 0.2) is 61.1 Å². The summed E-state index contributed by atoms with van der Waals surface area (Å²) in [6.07, 6.45) is 7.29. The second-order valence-corrected chi connectivity index (χ2v) is 4.57. The Balaban J connectivity index is 1.90. The number of aryl methyl sites for hydroxylation is 2. The minimum absolute atomic E-state index is 1.14. The third kappa shape index (κ3) is 4.47. The van der Waals surface area contributed by atoms with Crippen molar-refractivity contribution in [3.8, 4) is 0 Å². The highest BCUT2D eigenvalue weighted by Crippen LogP contribution is 2.07. The average Bonchev–Trinajstić information content (AvgIpc) is 2.38. The molecule has 0 radical (unpaired) electrons. The monoisotopic (exact) mass is 250 g/mol. The molecule has 0 aromatic heterocycles. The van der Waals surface area contributed by atoms with Crippen LogP contribution in [0.2, 0.25) is 0 Å². The summed E-state index contributed by atoms with van der Waals surface area (Å²) < 4.78 is 5.36. The molecule has 96 valence electrons. The SMILES string of the molecule is Cc1cccc(C=COC=Cc2cccc(C)c2)c1. The molecule has 0 saturated heterocycles. The topological polar surface area (TPSA) is 9.23 Å². The minimum atomic E-state index is 1.14. The summed E-state index contributed by atoms with van der Waals surface area (Å²) in [6, 6.07) is 16.6. The van der Waals surface area contributed by atoms with Crippen molar-refractivity contribution in [2.75, 3.05) is 0 Å². The molecule has 2 aromatic rings. The van der Waals surface area contributed by atoms with Gasteiger partial charge in [0.05, 0.1) is 12.5 Å². The fraction of sp³-hybridized carbons (Fsp3) is 0.111. The van der Waals surface area contributed by atoms with Crippen molar-refractivity contribution in [2.24, 2.45) is 0 Å². The quantitative estimate of drug-likeness (QED) is 0.697. The number of hydrogen-bond acceptors (Lipinski definition) is 1. The number of rotatable bonds is 4. The first-order valence-corrected chi connectivity index (χ1v) is 6.36. The van der Waals surface area contributed by atoms with Crippen LogP contribution in [0.25, 0.3) is 12.2 Å². The van der Waals surface area contributed by atoms with Crippen molar-refractivity contribution >= 4 is 12.2 Å². The molecule has 1 nitrogen and oxygen atoms in total. The maximum Gasteiger partial charge on any atom is 0.0907 e. The van der Waals surface area contributed by atoms with Crippen LogP contribution >= 0.6 is 0 Å². The second-order valence-electron chi connectivity index (χ2n) is 4.57. The molecule has 2 aromatic carbocycles. The highest BCUT2D eigenvalue weighted by molar-refractivity contribution is 5.51. The molecule has 0 N–H and O–H groups in total. The fourth-order valence-corrected chi connectivity index (χ4v) is 1.83. The smallest absolute Gasteiger partial charge is 0.0907 e. The Morgan fingerprint density at radius 1 is 0.737 bits per heavy atom. The Hall–Kier alpha value is -2.28. The van der Waals surface area contributed by atoms with E-state index in [-0.39, 0.29) is 0 Å². The molecular weight excluding hydrogens is 232 g/mol. The summed E-state index contributed by atoms with van der Waals surface area (Å²) >= 11 is 0. The molecule has 0 spiro atoms. The first kappa shape index (κ1) is 13.2. The first-order chi connectivity index (χ1) is 9.24. The lowest BCUT2D eigenvalue weighted by Gasteiger charge is -1.96. The maximum atomic E-state index is 5.36. The lowest BCUT2D eigenvalue weighted by atomic mass is 10.1. The molecule has 0 saturated carbocycles. The van der Waals surface area contributed by atoms with Gasteiger partial charge < -0.3 is 4.74 Å². The van der Waals surface area contributed by atoms with E-state index in [1.807, 2.05) is 24.3 Å². The maximum absolute atomic E-state index is 5.36. The summed E-state index contributed by atoms with van der Waals surface area (Å²) in [6.45, 7) is 4.16. The third-order valence-corrected chi connectivity index (χ3v) is 2.76. The van der Waals surface area contributed by atoms with Gasteiger partial charge >= 0.3 is 0 Å². The highest BCUT2D eigenvalue weighted by Gasteiger charge is 1.88. The number of hydrogen-bond donors (Lipinski definition) is 0. The lowest BCUT2D eigenvalue weighted by molar-refractivity contribution is 0.410. The molecule has 0 aliphatic carbocycles.